The normalized spacial score (nSPS) is 14.5. The summed E-state index contributed by atoms with van der Waals surface area (Å²) in [5, 5.41) is 0. The molecule has 0 amide bonds. The third kappa shape index (κ3) is 5.91. The maximum Gasteiger partial charge on any atom is 0.338 e. The van der Waals surface area contributed by atoms with Crippen LogP contribution in [0.1, 0.15) is 37.9 Å². The van der Waals surface area contributed by atoms with Crippen LogP contribution in [0.15, 0.2) is 64.0 Å². The smallest absolute Gasteiger partial charge is 0.338 e. The van der Waals surface area contributed by atoms with E-state index < -0.39 is 12.0 Å². The van der Waals surface area contributed by atoms with Crippen molar-refractivity contribution in [2.75, 3.05) is 41.2 Å². The van der Waals surface area contributed by atoms with Crippen LogP contribution in [0.3, 0.4) is 0 Å². The van der Waals surface area contributed by atoms with Gasteiger partial charge in [0.2, 0.25) is 5.75 Å². The number of methoxy groups -OCH3 is 3. The van der Waals surface area contributed by atoms with Gasteiger partial charge in [-0.1, -0.05) is 30.1 Å². The predicted octanol–water partition coefficient (Wildman–Crippen LogP) is 3.79. The molecule has 0 fully saturated rings. The molecule has 10 nitrogen and oxygen atoms in total. The Morgan fingerprint density at radius 2 is 1.71 bits per heavy atom. The highest BCUT2D eigenvalue weighted by Crippen LogP contribution is 2.39. The first-order valence-corrected chi connectivity index (χ1v) is 14.1. The number of ether oxygens (including phenoxy) is 6. The van der Waals surface area contributed by atoms with Crippen LogP contribution in [-0.4, -0.2) is 51.7 Å². The Morgan fingerprint density at radius 3 is 2.31 bits per heavy atom. The van der Waals surface area contributed by atoms with Crippen LogP contribution in [0, 0.1) is 0 Å². The molecule has 2 heterocycles. The number of hydrogen-bond donors (Lipinski definition) is 0. The lowest BCUT2D eigenvalue weighted by atomic mass is 9.95. The molecule has 0 N–H and O–H groups in total. The van der Waals surface area contributed by atoms with Crippen molar-refractivity contribution < 1.29 is 33.2 Å². The standard InChI is InChI=1S/C31H34N2O8S/c1-8-13-41-21-12-11-20(17-22(21)39-9-2)27-26(30(35)40-10-3)18(4)32-31-33(27)29(34)25(42-31)16-19-14-23(36-5)28(38-7)24(15-19)37-6/h8,11-12,14-17,27H,1,9-10,13H2,2-7H3. The van der Waals surface area contributed by atoms with Crippen LogP contribution in [0.25, 0.3) is 6.08 Å². The molecule has 1 aliphatic heterocycles. The lowest BCUT2D eigenvalue weighted by Crippen LogP contribution is -2.40. The maximum atomic E-state index is 14.0. The monoisotopic (exact) mass is 594 g/mol. The molecule has 11 heteroatoms. The van der Waals surface area contributed by atoms with Gasteiger partial charge >= 0.3 is 5.97 Å². The van der Waals surface area contributed by atoms with Gasteiger partial charge in [0.25, 0.3) is 5.56 Å². The number of thiazole rings is 1. The van der Waals surface area contributed by atoms with Crippen molar-refractivity contribution in [1.82, 2.24) is 4.57 Å². The topological polar surface area (TPSA) is 107 Å². The molecule has 0 bridgehead atoms. The number of nitrogens with zero attached hydrogens (tertiary/aromatic N) is 2. The minimum atomic E-state index is -0.810. The minimum absolute atomic E-state index is 0.173. The number of carbonyl (C=O) groups excluding carboxylic acids is 1. The summed E-state index contributed by atoms with van der Waals surface area (Å²) in [5.74, 6) is 1.81. The van der Waals surface area contributed by atoms with Crippen LogP contribution in [0.2, 0.25) is 0 Å². The molecule has 0 radical (unpaired) electrons. The van der Waals surface area contributed by atoms with Gasteiger partial charge in [0.1, 0.15) is 6.61 Å². The second kappa shape index (κ2) is 13.4. The molecule has 0 saturated carbocycles. The van der Waals surface area contributed by atoms with Crippen LogP contribution in [0.5, 0.6) is 28.7 Å². The number of carbonyl (C=O) groups is 1. The average molecular weight is 595 g/mol. The van der Waals surface area contributed by atoms with E-state index in [1.807, 2.05) is 6.92 Å². The third-order valence-corrected chi connectivity index (χ3v) is 7.42. The van der Waals surface area contributed by atoms with Crippen molar-refractivity contribution in [3.8, 4) is 28.7 Å². The van der Waals surface area contributed by atoms with Gasteiger partial charge in [0.05, 0.1) is 56.4 Å². The Kier molecular flexibility index (Phi) is 9.74. The largest absolute Gasteiger partial charge is 0.493 e. The number of allylic oxidation sites excluding steroid dienone is 1. The summed E-state index contributed by atoms with van der Waals surface area (Å²) in [6.07, 6.45) is 3.37. The number of rotatable bonds is 12. The van der Waals surface area contributed by atoms with E-state index in [9.17, 15) is 9.59 Å². The van der Waals surface area contributed by atoms with E-state index in [1.54, 1.807) is 56.3 Å². The molecular formula is C31H34N2O8S. The second-order valence-corrected chi connectivity index (χ2v) is 10.0. The molecular weight excluding hydrogens is 560 g/mol. The van der Waals surface area contributed by atoms with Crippen molar-refractivity contribution in [2.45, 2.75) is 26.8 Å². The zero-order chi connectivity index (χ0) is 30.4. The molecule has 0 saturated heterocycles. The quantitative estimate of drug-likeness (QED) is 0.230. The summed E-state index contributed by atoms with van der Waals surface area (Å²) in [6.45, 7) is 9.89. The zero-order valence-corrected chi connectivity index (χ0v) is 25.3. The molecule has 3 aromatic rings. The first-order chi connectivity index (χ1) is 20.3. The number of benzene rings is 2. The molecule has 0 aliphatic carbocycles. The summed E-state index contributed by atoms with van der Waals surface area (Å²) in [7, 11) is 4.58. The fourth-order valence-electron chi connectivity index (χ4n) is 4.67. The highest BCUT2D eigenvalue weighted by atomic mass is 32.1. The van der Waals surface area contributed by atoms with Crippen molar-refractivity contribution in [3.63, 3.8) is 0 Å². The number of esters is 1. The van der Waals surface area contributed by atoms with E-state index in [2.05, 4.69) is 11.6 Å². The fraction of sp³-hybridized carbons (Fsp3) is 0.323. The Hall–Kier alpha value is -4.51. The summed E-state index contributed by atoms with van der Waals surface area (Å²) in [5.41, 5.74) is 1.71. The summed E-state index contributed by atoms with van der Waals surface area (Å²) in [4.78, 5) is 32.4. The lowest BCUT2D eigenvalue weighted by molar-refractivity contribution is -0.139. The molecule has 42 heavy (non-hydrogen) atoms. The van der Waals surface area contributed by atoms with Gasteiger partial charge in [-0.15, -0.1) is 0 Å². The summed E-state index contributed by atoms with van der Waals surface area (Å²) >= 11 is 1.21. The van der Waals surface area contributed by atoms with Gasteiger partial charge in [-0.3, -0.25) is 9.36 Å². The van der Waals surface area contributed by atoms with Crippen LogP contribution < -0.4 is 38.6 Å². The van der Waals surface area contributed by atoms with Crippen molar-refractivity contribution in [1.29, 1.82) is 0 Å². The van der Waals surface area contributed by atoms with Gasteiger partial charge in [-0.25, -0.2) is 9.79 Å². The molecule has 1 aromatic heterocycles. The summed E-state index contributed by atoms with van der Waals surface area (Å²) in [6, 6.07) is 8.04. The lowest BCUT2D eigenvalue weighted by Gasteiger charge is -2.25. The number of hydrogen-bond acceptors (Lipinski definition) is 10. The van der Waals surface area contributed by atoms with Crippen molar-refractivity contribution >= 4 is 23.4 Å². The maximum absolute atomic E-state index is 14.0. The second-order valence-electron chi connectivity index (χ2n) is 9.00. The highest BCUT2D eigenvalue weighted by molar-refractivity contribution is 7.07. The molecule has 1 atom stereocenters. The Labute approximate surface area is 247 Å². The van der Waals surface area contributed by atoms with Crippen LogP contribution in [0.4, 0.5) is 0 Å². The van der Waals surface area contributed by atoms with Gasteiger partial charge < -0.3 is 28.4 Å². The first kappa shape index (κ1) is 30.4. The fourth-order valence-corrected chi connectivity index (χ4v) is 5.72. The zero-order valence-electron chi connectivity index (χ0n) is 24.5. The van der Waals surface area contributed by atoms with Crippen molar-refractivity contribution in [2.24, 2.45) is 4.99 Å². The Balaban J connectivity index is 1.95. The molecule has 222 valence electrons. The van der Waals surface area contributed by atoms with Gasteiger partial charge in [-0.2, -0.15) is 0 Å². The molecule has 1 unspecified atom stereocenters. The highest BCUT2D eigenvalue weighted by Gasteiger charge is 2.34. The molecule has 2 aromatic carbocycles. The van der Waals surface area contributed by atoms with E-state index >= 15 is 0 Å². The van der Waals surface area contributed by atoms with Crippen LogP contribution >= 0.6 is 11.3 Å². The van der Waals surface area contributed by atoms with Gasteiger partial charge in [-0.05, 0) is 62.2 Å². The van der Waals surface area contributed by atoms with E-state index in [4.69, 9.17) is 28.4 Å². The van der Waals surface area contributed by atoms with Crippen LogP contribution in [-0.2, 0) is 9.53 Å². The minimum Gasteiger partial charge on any atom is -0.493 e. The Morgan fingerprint density at radius 1 is 1.00 bits per heavy atom. The predicted molar refractivity (Wildman–Crippen MR) is 160 cm³/mol. The molecule has 4 rings (SSSR count). The van der Waals surface area contributed by atoms with Gasteiger partial charge in [0.15, 0.2) is 27.8 Å². The van der Waals surface area contributed by atoms with E-state index in [1.165, 1.54) is 37.2 Å². The first-order valence-electron chi connectivity index (χ1n) is 13.3. The average Bonchev–Trinajstić information content (AvgIpc) is 3.29. The van der Waals surface area contributed by atoms with E-state index in [0.29, 0.717) is 68.1 Å². The van der Waals surface area contributed by atoms with Gasteiger partial charge in [0, 0.05) is 0 Å². The third-order valence-electron chi connectivity index (χ3n) is 6.44. The van der Waals surface area contributed by atoms with E-state index in [0.717, 1.165) is 0 Å². The summed E-state index contributed by atoms with van der Waals surface area (Å²) < 4.78 is 35.3. The van der Waals surface area contributed by atoms with E-state index in [-0.39, 0.29) is 17.7 Å². The SMILES string of the molecule is C=CCOc1ccc(C2C(C(=O)OCC)=C(C)N=c3sc(=Cc4cc(OC)c(OC)c(OC)c4)c(=O)n32)cc1OCC. The number of fused-ring (bicyclic) bond motifs is 1. The Bertz CT molecular complexity index is 1680. The molecule has 0 spiro atoms. The molecule has 1 aliphatic rings. The number of aromatic nitrogens is 1. The van der Waals surface area contributed by atoms with Crippen molar-refractivity contribution in [3.05, 3.63) is 85.1 Å².